The van der Waals surface area contributed by atoms with Crippen molar-refractivity contribution in [3.63, 3.8) is 0 Å². The van der Waals surface area contributed by atoms with E-state index < -0.39 is 0 Å². The molecular weight excluding hydrogens is 454 g/mol. The first-order valence-corrected chi connectivity index (χ1v) is 11.9. The molecule has 1 unspecified atom stereocenters. The van der Waals surface area contributed by atoms with Gasteiger partial charge in [-0.15, -0.1) is 0 Å². The van der Waals surface area contributed by atoms with Crippen molar-refractivity contribution >= 4 is 22.4 Å². The number of carbonyl (C=O) groups is 1. The molecule has 0 saturated carbocycles. The molecule has 3 aromatic carbocycles. The predicted octanol–water partition coefficient (Wildman–Crippen LogP) is 6.35. The van der Waals surface area contributed by atoms with Crippen LogP contribution < -0.4 is 19.5 Å². The van der Waals surface area contributed by atoms with Crippen molar-refractivity contribution in [3.05, 3.63) is 95.8 Å². The molecule has 6 heteroatoms. The zero-order valence-corrected chi connectivity index (χ0v) is 21.0. The van der Waals surface area contributed by atoms with E-state index in [4.69, 9.17) is 18.6 Å². The van der Waals surface area contributed by atoms with Crippen LogP contribution in [0.1, 0.15) is 36.8 Å². The molecule has 0 aliphatic rings. The number of ether oxygens (including phenoxy) is 3. The maximum Gasteiger partial charge on any atom is 0.244 e. The molecule has 4 rings (SSSR count). The van der Waals surface area contributed by atoms with Crippen molar-refractivity contribution in [2.75, 3.05) is 20.8 Å². The van der Waals surface area contributed by atoms with Crippen LogP contribution in [0, 0.1) is 0 Å². The largest absolute Gasteiger partial charge is 0.493 e. The lowest BCUT2D eigenvalue weighted by molar-refractivity contribution is -0.116. The third kappa shape index (κ3) is 5.89. The van der Waals surface area contributed by atoms with Crippen molar-refractivity contribution in [1.82, 2.24) is 5.32 Å². The normalized spacial score (nSPS) is 12.3. The Bertz CT molecular complexity index is 1360. The van der Waals surface area contributed by atoms with E-state index in [2.05, 4.69) is 5.32 Å². The van der Waals surface area contributed by atoms with Crippen LogP contribution in [-0.2, 0) is 11.2 Å². The molecule has 0 saturated heterocycles. The monoisotopic (exact) mass is 485 g/mol. The van der Waals surface area contributed by atoms with Crippen molar-refractivity contribution in [2.24, 2.45) is 0 Å². The molecule has 0 radical (unpaired) electrons. The molecular formula is C30H31NO5. The summed E-state index contributed by atoms with van der Waals surface area (Å²) >= 11 is 0. The minimum atomic E-state index is -0.178. The average molecular weight is 486 g/mol. The van der Waals surface area contributed by atoms with E-state index >= 15 is 0 Å². The molecule has 4 aromatic rings. The van der Waals surface area contributed by atoms with Crippen LogP contribution in [0.25, 0.3) is 16.5 Å². The molecule has 0 bridgehead atoms. The third-order valence-electron chi connectivity index (χ3n) is 5.98. The van der Waals surface area contributed by atoms with Crippen molar-refractivity contribution in [1.29, 1.82) is 0 Å². The van der Waals surface area contributed by atoms with Gasteiger partial charge in [0.05, 0.1) is 14.2 Å². The number of furan rings is 1. The van der Waals surface area contributed by atoms with Crippen LogP contribution in [0.2, 0.25) is 0 Å². The Morgan fingerprint density at radius 1 is 0.944 bits per heavy atom. The first-order chi connectivity index (χ1) is 17.5. The number of nitrogens with one attached hydrogen (secondary N) is 1. The van der Waals surface area contributed by atoms with Gasteiger partial charge in [0.15, 0.2) is 22.8 Å². The second kappa shape index (κ2) is 11.5. The second-order valence-electron chi connectivity index (χ2n) is 8.51. The van der Waals surface area contributed by atoms with Crippen molar-refractivity contribution < 1.29 is 23.4 Å². The van der Waals surface area contributed by atoms with Gasteiger partial charge in [-0.1, -0.05) is 48.5 Å². The first-order valence-electron chi connectivity index (χ1n) is 11.9. The summed E-state index contributed by atoms with van der Waals surface area (Å²) in [6, 6.07) is 23.5. The Morgan fingerprint density at radius 2 is 1.72 bits per heavy atom. The Labute approximate surface area is 211 Å². The van der Waals surface area contributed by atoms with Gasteiger partial charge in [0.25, 0.3) is 0 Å². The number of benzene rings is 3. The number of fused-ring (bicyclic) bond motifs is 1. The highest BCUT2D eigenvalue weighted by atomic mass is 16.5. The fourth-order valence-electron chi connectivity index (χ4n) is 3.99. The number of allylic oxidation sites excluding steroid dienone is 1. The number of rotatable bonds is 10. The van der Waals surface area contributed by atoms with E-state index in [0.717, 1.165) is 22.1 Å². The van der Waals surface area contributed by atoms with E-state index in [9.17, 15) is 4.79 Å². The highest BCUT2D eigenvalue weighted by molar-refractivity contribution is 5.95. The first kappa shape index (κ1) is 24.9. The smallest absolute Gasteiger partial charge is 0.244 e. The van der Waals surface area contributed by atoms with Gasteiger partial charge in [-0.25, -0.2) is 0 Å². The molecule has 1 atom stereocenters. The Morgan fingerprint density at radius 3 is 2.47 bits per heavy atom. The maximum atomic E-state index is 12.5. The summed E-state index contributed by atoms with van der Waals surface area (Å²) in [5.41, 5.74) is 3.53. The molecule has 1 aromatic heterocycles. The van der Waals surface area contributed by atoms with Crippen LogP contribution in [0.3, 0.4) is 0 Å². The van der Waals surface area contributed by atoms with Crippen LogP contribution in [-0.4, -0.2) is 26.7 Å². The average Bonchev–Trinajstić information content (AvgIpc) is 3.35. The van der Waals surface area contributed by atoms with Crippen molar-refractivity contribution in [3.8, 4) is 17.2 Å². The van der Waals surface area contributed by atoms with E-state index in [0.29, 0.717) is 41.6 Å². The number of methoxy groups -OCH3 is 2. The molecule has 6 nitrogen and oxygen atoms in total. The van der Waals surface area contributed by atoms with Crippen LogP contribution in [0.5, 0.6) is 17.2 Å². The molecule has 0 fully saturated rings. The fraction of sp³-hybridized carbons (Fsp3) is 0.233. The van der Waals surface area contributed by atoms with Gasteiger partial charge >= 0.3 is 0 Å². The zero-order chi connectivity index (χ0) is 25.5. The summed E-state index contributed by atoms with van der Waals surface area (Å²) in [4.78, 5) is 12.5. The number of para-hydroxylation sites is 1. The van der Waals surface area contributed by atoms with Crippen molar-refractivity contribution in [2.45, 2.75) is 26.4 Å². The minimum absolute atomic E-state index is 0.126. The molecule has 0 aliphatic heterocycles. The summed E-state index contributed by atoms with van der Waals surface area (Å²) in [5.74, 6) is 2.47. The zero-order valence-electron chi connectivity index (χ0n) is 21.0. The standard InChI is InChI=1S/C30H31NO5/c1-20(17-29(32)31-16-15-22-13-14-25(33-3)28(18-22)34-4)27-19-24-11-8-12-26(30(24)36-27)35-21(2)23-9-6-5-7-10-23/h5-14,17-19,21H,15-16H2,1-4H3,(H,31,32)/b20-17-. The Kier molecular flexibility index (Phi) is 7.95. The van der Waals surface area contributed by atoms with E-state index in [1.807, 2.05) is 86.6 Å². The Hall–Kier alpha value is -4.19. The SMILES string of the molecule is COc1ccc(CCNC(=O)/C=C(/C)c2cc3cccc(OC(C)c4ccccc4)c3o2)cc1OC. The quantitative estimate of drug-likeness (QED) is 0.265. The summed E-state index contributed by atoms with van der Waals surface area (Å²) in [7, 11) is 3.21. The lowest BCUT2D eigenvalue weighted by atomic mass is 10.1. The molecule has 1 N–H and O–H groups in total. The lowest BCUT2D eigenvalue weighted by Crippen LogP contribution is -2.23. The van der Waals surface area contributed by atoms with Gasteiger partial charge in [0, 0.05) is 18.0 Å². The maximum absolute atomic E-state index is 12.5. The minimum Gasteiger partial charge on any atom is -0.493 e. The van der Waals surface area contributed by atoms with Gasteiger partial charge in [-0.3, -0.25) is 4.79 Å². The predicted molar refractivity (Wildman–Crippen MR) is 142 cm³/mol. The van der Waals surface area contributed by atoms with Crippen LogP contribution in [0.4, 0.5) is 0 Å². The Balaban J connectivity index is 1.40. The van der Waals surface area contributed by atoms with Crippen LogP contribution >= 0.6 is 0 Å². The fourth-order valence-corrected chi connectivity index (χ4v) is 3.99. The summed E-state index contributed by atoms with van der Waals surface area (Å²) in [6.07, 6.45) is 2.10. The van der Waals surface area contributed by atoms with E-state index in [1.165, 1.54) is 0 Å². The van der Waals surface area contributed by atoms with Gasteiger partial charge in [0.2, 0.25) is 5.91 Å². The molecule has 1 amide bonds. The molecule has 0 spiro atoms. The number of hydrogen-bond acceptors (Lipinski definition) is 5. The number of carbonyl (C=O) groups excluding carboxylic acids is 1. The summed E-state index contributed by atoms with van der Waals surface area (Å²) in [6.45, 7) is 4.36. The van der Waals surface area contributed by atoms with Gasteiger partial charge in [-0.05, 0) is 61.2 Å². The topological polar surface area (TPSA) is 69.9 Å². The van der Waals surface area contributed by atoms with Gasteiger partial charge in [-0.2, -0.15) is 0 Å². The van der Waals surface area contributed by atoms with Crippen LogP contribution in [0.15, 0.2) is 83.3 Å². The number of hydrogen-bond donors (Lipinski definition) is 1. The highest BCUT2D eigenvalue weighted by Gasteiger charge is 2.14. The highest BCUT2D eigenvalue weighted by Crippen LogP contribution is 2.34. The number of amides is 1. The summed E-state index contributed by atoms with van der Waals surface area (Å²) < 4.78 is 22.9. The lowest BCUT2D eigenvalue weighted by Gasteiger charge is -2.15. The van der Waals surface area contributed by atoms with Gasteiger partial charge < -0.3 is 23.9 Å². The molecule has 1 heterocycles. The molecule has 0 aliphatic carbocycles. The summed E-state index contributed by atoms with van der Waals surface area (Å²) in [5, 5.41) is 3.85. The molecule has 186 valence electrons. The second-order valence-corrected chi connectivity index (χ2v) is 8.51. The van der Waals surface area contributed by atoms with E-state index in [1.54, 1.807) is 20.3 Å². The van der Waals surface area contributed by atoms with Gasteiger partial charge in [0.1, 0.15) is 11.9 Å². The third-order valence-corrected chi connectivity index (χ3v) is 5.98. The van der Waals surface area contributed by atoms with E-state index in [-0.39, 0.29) is 12.0 Å². The molecule has 36 heavy (non-hydrogen) atoms.